The molecule has 0 unspecified atom stereocenters. The van der Waals surface area contributed by atoms with Crippen molar-refractivity contribution in [2.75, 3.05) is 5.43 Å². The van der Waals surface area contributed by atoms with Gasteiger partial charge in [-0.2, -0.15) is 0 Å². The number of carbonyl (C=O) groups excluding carboxylic acids is 2. The summed E-state index contributed by atoms with van der Waals surface area (Å²) in [4.78, 5) is 24.2. The maximum absolute atomic E-state index is 12.8. The number of nitrogens with two attached hydrogens (primary N) is 1. The summed E-state index contributed by atoms with van der Waals surface area (Å²) in [6.07, 6.45) is 0. The maximum atomic E-state index is 12.8. The van der Waals surface area contributed by atoms with E-state index in [1.165, 1.54) is 0 Å². The maximum Gasteiger partial charge on any atom is 0.331 e. The monoisotopic (exact) mass is 319 g/mol. The van der Waals surface area contributed by atoms with Crippen LogP contribution in [-0.2, 0) is 0 Å². The first-order valence-corrected chi connectivity index (χ1v) is 7.52. The number of nitrogens with zero attached hydrogens (tertiary/aromatic N) is 1. The van der Waals surface area contributed by atoms with E-state index in [-0.39, 0.29) is 5.78 Å². The smallest absolute Gasteiger partial charge is 0.331 e. The lowest BCUT2D eigenvalue weighted by Crippen LogP contribution is -2.29. The molecule has 120 valence electrons. The molecule has 0 saturated heterocycles. The number of rotatable bonds is 4. The van der Waals surface area contributed by atoms with Crippen molar-refractivity contribution in [1.82, 2.24) is 4.68 Å². The summed E-state index contributed by atoms with van der Waals surface area (Å²) in [7, 11) is 0. The van der Waals surface area contributed by atoms with Crippen LogP contribution in [0.2, 0.25) is 0 Å². The zero-order valence-electron chi connectivity index (χ0n) is 13.2. The molecule has 0 aliphatic heterocycles. The van der Waals surface area contributed by atoms with Gasteiger partial charge in [0, 0.05) is 22.4 Å². The second kappa shape index (κ2) is 6.42. The Morgan fingerprint density at radius 1 is 0.958 bits per heavy atom. The third-order valence-corrected chi connectivity index (χ3v) is 3.82. The van der Waals surface area contributed by atoms with Gasteiger partial charge < -0.3 is 5.73 Å². The Hall–Kier alpha value is -3.34. The Kier molecular flexibility index (Phi) is 4.16. The number of primary amides is 1. The molecule has 2 amide bonds. The summed E-state index contributed by atoms with van der Waals surface area (Å²) in [5.74, 6) is -0.102. The van der Waals surface area contributed by atoms with Crippen LogP contribution >= 0.6 is 0 Å². The van der Waals surface area contributed by atoms with Crippen LogP contribution in [0.25, 0.3) is 11.3 Å². The number of urea groups is 1. The summed E-state index contributed by atoms with van der Waals surface area (Å²) in [6.45, 7) is 1.78. The zero-order chi connectivity index (χ0) is 17.1. The fraction of sp³-hybridized carbons (Fsp3) is 0.0526. The average Bonchev–Trinajstić information content (AvgIpc) is 2.92. The molecular formula is C19H17N3O2. The van der Waals surface area contributed by atoms with E-state index in [2.05, 4.69) is 5.43 Å². The van der Waals surface area contributed by atoms with Crippen LogP contribution in [0, 0.1) is 6.92 Å². The molecule has 1 heterocycles. The fourth-order valence-corrected chi connectivity index (χ4v) is 2.66. The summed E-state index contributed by atoms with van der Waals surface area (Å²) in [5.41, 5.74) is 11.2. The highest BCUT2D eigenvalue weighted by Crippen LogP contribution is 2.26. The molecule has 0 bridgehead atoms. The number of hydrogen-bond donors (Lipinski definition) is 2. The highest BCUT2D eigenvalue weighted by molar-refractivity contribution is 6.10. The van der Waals surface area contributed by atoms with Crippen molar-refractivity contribution in [2.45, 2.75) is 6.92 Å². The van der Waals surface area contributed by atoms with Gasteiger partial charge in [0.25, 0.3) is 0 Å². The molecule has 3 rings (SSSR count). The van der Waals surface area contributed by atoms with Gasteiger partial charge in [0.2, 0.25) is 0 Å². The van der Waals surface area contributed by atoms with Crippen LogP contribution in [0.5, 0.6) is 0 Å². The Labute approximate surface area is 139 Å². The Bertz CT molecular complexity index is 884. The van der Waals surface area contributed by atoms with Gasteiger partial charge >= 0.3 is 6.03 Å². The predicted molar refractivity (Wildman–Crippen MR) is 93.4 cm³/mol. The molecule has 3 N–H and O–H groups in total. The largest absolute Gasteiger partial charge is 0.350 e. The number of benzene rings is 2. The fourth-order valence-electron chi connectivity index (χ4n) is 2.66. The van der Waals surface area contributed by atoms with Crippen LogP contribution in [0.15, 0.2) is 66.7 Å². The molecule has 5 nitrogen and oxygen atoms in total. The minimum absolute atomic E-state index is 0.102. The van der Waals surface area contributed by atoms with Crippen LogP contribution in [0.3, 0.4) is 0 Å². The molecule has 3 aromatic rings. The molecular weight excluding hydrogens is 302 g/mol. The average molecular weight is 319 g/mol. The molecule has 0 atom stereocenters. The van der Waals surface area contributed by atoms with E-state index >= 15 is 0 Å². The van der Waals surface area contributed by atoms with Crippen molar-refractivity contribution in [3.63, 3.8) is 0 Å². The number of ketones is 1. The van der Waals surface area contributed by atoms with Gasteiger partial charge in [-0.15, -0.1) is 0 Å². The van der Waals surface area contributed by atoms with Gasteiger partial charge in [-0.05, 0) is 13.0 Å². The topological polar surface area (TPSA) is 77.1 Å². The minimum atomic E-state index is -0.690. The molecule has 0 spiro atoms. The van der Waals surface area contributed by atoms with E-state index in [9.17, 15) is 9.59 Å². The molecule has 0 aliphatic carbocycles. The number of hydrogen-bond acceptors (Lipinski definition) is 2. The summed E-state index contributed by atoms with van der Waals surface area (Å²) in [6, 6.07) is 19.6. The number of aromatic nitrogens is 1. The molecule has 5 heteroatoms. The van der Waals surface area contributed by atoms with Crippen molar-refractivity contribution in [2.24, 2.45) is 5.73 Å². The van der Waals surface area contributed by atoms with E-state index < -0.39 is 6.03 Å². The highest BCUT2D eigenvalue weighted by Gasteiger charge is 2.20. The molecule has 0 radical (unpaired) electrons. The molecule has 24 heavy (non-hydrogen) atoms. The molecule has 1 aromatic heterocycles. The third kappa shape index (κ3) is 2.92. The zero-order valence-corrected chi connectivity index (χ0v) is 13.2. The number of amides is 2. The van der Waals surface area contributed by atoms with Crippen molar-refractivity contribution in [3.05, 3.63) is 83.6 Å². The van der Waals surface area contributed by atoms with Gasteiger partial charge in [-0.25, -0.2) is 10.2 Å². The first-order valence-electron chi connectivity index (χ1n) is 7.52. The summed E-state index contributed by atoms with van der Waals surface area (Å²) in [5, 5.41) is 0. The van der Waals surface area contributed by atoms with E-state index in [0.717, 1.165) is 5.56 Å². The van der Waals surface area contributed by atoms with Crippen LogP contribution in [-0.4, -0.2) is 16.5 Å². The molecule has 2 aromatic carbocycles. The predicted octanol–water partition coefficient (Wildman–Crippen LogP) is 3.32. The summed E-state index contributed by atoms with van der Waals surface area (Å²) >= 11 is 0. The second-order valence-corrected chi connectivity index (χ2v) is 5.40. The lowest BCUT2D eigenvalue weighted by atomic mass is 10.0. The van der Waals surface area contributed by atoms with Gasteiger partial charge in [0.1, 0.15) is 0 Å². The van der Waals surface area contributed by atoms with Gasteiger partial charge in [-0.3, -0.25) is 9.47 Å². The highest BCUT2D eigenvalue weighted by atomic mass is 16.2. The lowest BCUT2D eigenvalue weighted by Gasteiger charge is -2.11. The molecule has 0 saturated carbocycles. The number of carbonyl (C=O) groups is 2. The van der Waals surface area contributed by atoms with Crippen molar-refractivity contribution < 1.29 is 9.59 Å². The van der Waals surface area contributed by atoms with Gasteiger partial charge in [0.15, 0.2) is 5.78 Å². The van der Waals surface area contributed by atoms with Crippen LogP contribution in [0.1, 0.15) is 21.6 Å². The van der Waals surface area contributed by atoms with Crippen molar-refractivity contribution in [3.8, 4) is 11.3 Å². The lowest BCUT2D eigenvalue weighted by molar-refractivity contribution is 0.103. The quantitative estimate of drug-likeness (QED) is 0.724. The number of nitrogens with one attached hydrogen (secondary N) is 1. The van der Waals surface area contributed by atoms with E-state index in [1.54, 1.807) is 29.8 Å². The Morgan fingerprint density at radius 2 is 1.54 bits per heavy atom. The SMILES string of the molecule is Cc1c(C(=O)c2ccccc2)cc(-c2ccccc2)n1NC(N)=O. The summed E-state index contributed by atoms with van der Waals surface area (Å²) < 4.78 is 1.55. The van der Waals surface area contributed by atoms with Gasteiger partial charge in [-0.1, -0.05) is 60.7 Å². The Balaban J connectivity index is 2.13. The van der Waals surface area contributed by atoms with Gasteiger partial charge in [0.05, 0.1) is 5.69 Å². The normalized spacial score (nSPS) is 10.4. The first kappa shape index (κ1) is 15.6. The van der Waals surface area contributed by atoms with E-state index in [0.29, 0.717) is 22.5 Å². The van der Waals surface area contributed by atoms with Crippen molar-refractivity contribution in [1.29, 1.82) is 0 Å². The standard InChI is InChI=1S/C19H17N3O2/c1-13-16(18(23)15-10-6-3-7-11-15)12-17(22(13)21-19(20)24)14-8-4-2-5-9-14/h2-12H,1H3,(H3,20,21,24). The first-order chi connectivity index (χ1) is 11.6. The van der Waals surface area contributed by atoms with Crippen molar-refractivity contribution >= 4 is 11.8 Å². The van der Waals surface area contributed by atoms with E-state index in [4.69, 9.17) is 5.73 Å². The third-order valence-electron chi connectivity index (χ3n) is 3.82. The minimum Gasteiger partial charge on any atom is -0.350 e. The van der Waals surface area contributed by atoms with Crippen LogP contribution < -0.4 is 11.2 Å². The van der Waals surface area contributed by atoms with Crippen LogP contribution in [0.4, 0.5) is 4.79 Å². The van der Waals surface area contributed by atoms with E-state index in [1.807, 2.05) is 48.5 Å². The molecule has 0 aliphatic rings. The Morgan fingerprint density at radius 3 is 2.12 bits per heavy atom. The second-order valence-electron chi connectivity index (χ2n) is 5.40. The molecule has 0 fully saturated rings.